The lowest BCUT2D eigenvalue weighted by Crippen LogP contribution is -2.22. The fraction of sp³-hybridized carbons (Fsp3) is 0.120. The van der Waals surface area contributed by atoms with Crippen molar-refractivity contribution in [2.45, 2.75) is 18.6 Å². The number of allylic oxidation sites excluding steroid dienone is 1. The number of hydrogen-bond acceptors (Lipinski definition) is 7. The zero-order valence-electron chi connectivity index (χ0n) is 18.1. The molecule has 9 heteroatoms. The highest BCUT2D eigenvalue weighted by molar-refractivity contribution is 7.99. The Morgan fingerprint density at radius 2 is 1.94 bits per heavy atom. The van der Waals surface area contributed by atoms with Gasteiger partial charge in [0.05, 0.1) is 22.2 Å². The van der Waals surface area contributed by atoms with Crippen LogP contribution in [-0.2, 0) is 6.54 Å². The summed E-state index contributed by atoms with van der Waals surface area (Å²) in [6.45, 7) is 2.33. The maximum absolute atomic E-state index is 13.4. The van der Waals surface area contributed by atoms with Gasteiger partial charge in [0, 0.05) is 17.5 Å². The van der Waals surface area contributed by atoms with Gasteiger partial charge >= 0.3 is 0 Å². The van der Waals surface area contributed by atoms with Crippen molar-refractivity contribution in [3.8, 4) is 17.2 Å². The molecule has 0 aliphatic rings. The number of nitrogens with zero attached hydrogens (tertiary/aromatic N) is 4. The van der Waals surface area contributed by atoms with Crippen molar-refractivity contribution in [3.05, 3.63) is 81.9 Å². The van der Waals surface area contributed by atoms with Crippen LogP contribution in [0.4, 0.5) is 0 Å². The van der Waals surface area contributed by atoms with Crippen LogP contribution in [-0.4, -0.2) is 30.4 Å². The minimum atomic E-state index is -0.125. The first-order valence-corrected chi connectivity index (χ1v) is 12.4. The van der Waals surface area contributed by atoms with Gasteiger partial charge < -0.3 is 10.1 Å². The molecule has 5 rings (SSSR count). The molecule has 0 bridgehead atoms. The summed E-state index contributed by atoms with van der Waals surface area (Å²) < 4.78 is 1.60. The normalized spacial score (nSPS) is 12.1. The second kappa shape index (κ2) is 9.17. The molecule has 0 aliphatic carbocycles. The summed E-state index contributed by atoms with van der Waals surface area (Å²) in [6, 6.07) is 19.2. The van der Waals surface area contributed by atoms with Crippen LogP contribution in [0.25, 0.3) is 38.0 Å². The number of rotatable bonds is 6. The molecule has 0 radical (unpaired) electrons. The monoisotopic (exact) mass is 485 g/mol. The van der Waals surface area contributed by atoms with Crippen LogP contribution in [0.2, 0.25) is 0 Å². The quantitative estimate of drug-likeness (QED) is 0.140. The van der Waals surface area contributed by atoms with Crippen LogP contribution in [0.1, 0.15) is 12.7 Å². The molecule has 0 aliphatic heterocycles. The van der Waals surface area contributed by atoms with Gasteiger partial charge in [-0.3, -0.25) is 9.36 Å². The Morgan fingerprint density at radius 3 is 2.68 bits per heavy atom. The number of para-hydroxylation sites is 2. The number of thiophene rings is 1. The Hall–Kier alpha value is -3.87. The highest BCUT2D eigenvalue weighted by Gasteiger charge is 2.18. The lowest BCUT2D eigenvalue weighted by atomic mass is 10.1. The standard InChI is InChI=1S/C25H19N5O2S2/c1-2-30-24(32)21-17(15-8-4-3-5-9-15)13-33-23(21)29-25(30)34-14-20(31)16(12-26)22-27-18-10-6-7-11-19(18)28-22/h3-11,13,31H,2,14H2,1H3,(H,27,28)/b20-16+. The molecule has 0 amide bonds. The van der Waals surface area contributed by atoms with Crippen molar-refractivity contribution in [2.75, 3.05) is 5.75 Å². The zero-order valence-corrected chi connectivity index (χ0v) is 19.8. The highest BCUT2D eigenvalue weighted by Crippen LogP contribution is 2.32. The summed E-state index contributed by atoms with van der Waals surface area (Å²) in [7, 11) is 0. The molecule has 0 fully saturated rings. The van der Waals surface area contributed by atoms with E-state index in [9.17, 15) is 15.2 Å². The summed E-state index contributed by atoms with van der Waals surface area (Å²) in [6.07, 6.45) is 0. The van der Waals surface area contributed by atoms with Crippen molar-refractivity contribution >= 4 is 49.9 Å². The third-order valence-electron chi connectivity index (χ3n) is 5.42. The number of aromatic nitrogens is 4. The molecule has 3 heterocycles. The Labute approximate surface area is 203 Å². The summed E-state index contributed by atoms with van der Waals surface area (Å²) in [4.78, 5) is 26.2. The van der Waals surface area contributed by atoms with E-state index in [4.69, 9.17) is 4.98 Å². The van der Waals surface area contributed by atoms with E-state index in [2.05, 4.69) is 9.97 Å². The maximum Gasteiger partial charge on any atom is 0.263 e. The smallest absolute Gasteiger partial charge is 0.263 e. The Kier molecular flexibility index (Phi) is 5.92. The maximum atomic E-state index is 13.4. The van der Waals surface area contributed by atoms with Gasteiger partial charge in [0.15, 0.2) is 11.0 Å². The van der Waals surface area contributed by atoms with E-state index in [0.717, 1.165) is 16.6 Å². The first-order valence-electron chi connectivity index (χ1n) is 10.6. The van der Waals surface area contributed by atoms with Crippen LogP contribution in [0, 0.1) is 11.3 Å². The molecule has 0 spiro atoms. The van der Waals surface area contributed by atoms with Gasteiger partial charge in [0.2, 0.25) is 0 Å². The number of fused-ring (bicyclic) bond motifs is 2. The Balaban J connectivity index is 1.50. The predicted octanol–water partition coefficient (Wildman–Crippen LogP) is 5.61. The number of hydrogen-bond donors (Lipinski definition) is 2. The van der Waals surface area contributed by atoms with E-state index in [-0.39, 0.29) is 22.6 Å². The van der Waals surface area contributed by atoms with E-state index >= 15 is 0 Å². The molecule has 5 aromatic rings. The Bertz CT molecular complexity index is 1610. The largest absolute Gasteiger partial charge is 0.510 e. The van der Waals surface area contributed by atoms with Gasteiger partial charge in [0.1, 0.15) is 22.2 Å². The van der Waals surface area contributed by atoms with Crippen molar-refractivity contribution in [1.29, 1.82) is 5.26 Å². The average molecular weight is 486 g/mol. The van der Waals surface area contributed by atoms with Crippen LogP contribution in [0.3, 0.4) is 0 Å². The van der Waals surface area contributed by atoms with Crippen LogP contribution >= 0.6 is 23.1 Å². The molecule has 34 heavy (non-hydrogen) atoms. The summed E-state index contributed by atoms with van der Waals surface area (Å²) in [5, 5.41) is 23.4. The number of aromatic amines is 1. The molecule has 0 saturated carbocycles. The zero-order chi connectivity index (χ0) is 23.7. The number of nitriles is 1. The second-order valence-corrected chi connectivity index (χ2v) is 9.26. The number of benzene rings is 2. The average Bonchev–Trinajstić information content (AvgIpc) is 3.48. The van der Waals surface area contributed by atoms with Crippen LogP contribution < -0.4 is 5.56 Å². The second-order valence-electron chi connectivity index (χ2n) is 7.46. The lowest BCUT2D eigenvalue weighted by molar-refractivity contribution is 0.420. The minimum absolute atomic E-state index is 0.0673. The number of aliphatic hydroxyl groups is 1. The Morgan fingerprint density at radius 1 is 1.18 bits per heavy atom. The third kappa shape index (κ3) is 3.87. The van der Waals surface area contributed by atoms with Crippen LogP contribution in [0.15, 0.2) is 75.7 Å². The van der Waals surface area contributed by atoms with E-state index < -0.39 is 0 Å². The molecule has 7 nitrogen and oxygen atoms in total. The molecule has 0 atom stereocenters. The van der Waals surface area contributed by atoms with Crippen molar-refractivity contribution in [3.63, 3.8) is 0 Å². The fourth-order valence-electron chi connectivity index (χ4n) is 3.76. The first kappa shape index (κ1) is 21.9. The number of H-pyrrole nitrogens is 1. The van der Waals surface area contributed by atoms with E-state index in [1.807, 2.05) is 73.0 Å². The van der Waals surface area contributed by atoms with Gasteiger partial charge in [-0.25, -0.2) is 9.97 Å². The third-order valence-corrected chi connectivity index (χ3v) is 7.28. The van der Waals surface area contributed by atoms with E-state index in [1.54, 1.807) is 4.57 Å². The van der Waals surface area contributed by atoms with Gasteiger partial charge in [-0.1, -0.05) is 54.2 Å². The minimum Gasteiger partial charge on any atom is -0.510 e. The summed E-state index contributed by atoms with van der Waals surface area (Å²) in [5.74, 6) is 0.262. The van der Waals surface area contributed by atoms with Gasteiger partial charge in [0.25, 0.3) is 5.56 Å². The molecular formula is C25H19N5O2S2. The molecule has 168 valence electrons. The number of aliphatic hydroxyl groups excluding tert-OH is 1. The van der Waals surface area contributed by atoms with Crippen molar-refractivity contribution in [1.82, 2.24) is 19.5 Å². The number of thioether (sulfide) groups is 1. The molecule has 3 aromatic heterocycles. The van der Waals surface area contributed by atoms with Crippen molar-refractivity contribution < 1.29 is 5.11 Å². The molecule has 2 N–H and O–H groups in total. The fourth-order valence-corrected chi connectivity index (χ4v) is 5.68. The van der Waals surface area contributed by atoms with Crippen molar-refractivity contribution in [2.24, 2.45) is 0 Å². The lowest BCUT2D eigenvalue weighted by Gasteiger charge is -2.10. The molecule has 0 saturated heterocycles. The summed E-state index contributed by atoms with van der Waals surface area (Å²) >= 11 is 2.64. The van der Waals surface area contributed by atoms with E-state index in [0.29, 0.717) is 33.3 Å². The number of imidazole rings is 1. The van der Waals surface area contributed by atoms with Gasteiger partial charge in [-0.15, -0.1) is 11.3 Å². The topological polar surface area (TPSA) is 108 Å². The summed E-state index contributed by atoms with van der Waals surface area (Å²) in [5.41, 5.74) is 3.29. The molecule has 2 aromatic carbocycles. The van der Waals surface area contributed by atoms with Gasteiger partial charge in [-0.2, -0.15) is 5.26 Å². The van der Waals surface area contributed by atoms with E-state index in [1.165, 1.54) is 23.1 Å². The molecule has 0 unspecified atom stereocenters. The highest BCUT2D eigenvalue weighted by atomic mass is 32.2. The SMILES string of the molecule is CCn1c(SC/C(O)=C(/C#N)c2nc3ccccc3[nH]2)nc2scc(-c3ccccc3)c2c1=O. The van der Waals surface area contributed by atoms with Gasteiger partial charge in [-0.05, 0) is 24.6 Å². The van der Waals surface area contributed by atoms with Crippen LogP contribution in [0.5, 0.6) is 0 Å². The number of nitrogens with one attached hydrogen (secondary N) is 1. The molecular weight excluding hydrogens is 466 g/mol. The first-order chi connectivity index (χ1) is 16.6. The predicted molar refractivity (Wildman–Crippen MR) is 137 cm³/mol.